The second kappa shape index (κ2) is 12.3. The molecule has 0 N–H and O–H groups in total. The SMILES string of the molecule is CCCC/C=C/c1ccc(C#CC2CCC(C3CCC(CCC)CC3)CC2)cc1. The monoisotopic (exact) mass is 390 g/mol. The molecule has 0 nitrogen and oxygen atoms in total. The standard InChI is InChI=1S/C29H42/c1-3-5-6-7-9-25-10-12-26(13-11-25)14-15-27-18-22-29(23-19-27)28-20-16-24(8-4-2)17-21-28/h7,9-13,24,27-29H,3-6,8,16-23H2,1-2H3/b9-7+. The maximum Gasteiger partial charge on any atom is 0.0245 e. The lowest BCUT2D eigenvalue weighted by Gasteiger charge is -2.37. The lowest BCUT2D eigenvalue weighted by molar-refractivity contribution is 0.154. The van der Waals surface area contributed by atoms with Crippen molar-refractivity contribution < 1.29 is 0 Å². The summed E-state index contributed by atoms with van der Waals surface area (Å²) < 4.78 is 0. The Hall–Kier alpha value is -1.48. The van der Waals surface area contributed by atoms with Gasteiger partial charge < -0.3 is 0 Å². The summed E-state index contributed by atoms with van der Waals surface area (Å²) in [4.78, 5) is 0. The largest absolute Gasteiger partial charge is 0.0945 e. The molecule has 0 aliphatic heterocycles. The van der Waals surface area contributed by atoms with Crippen LogP contribution in [0.1, 0.15) is 108 Å². The molecule has 0 radical (unpaired) electrons. The zero-order chi connectivity index (χ0) is 20.3. The lowest BCUT2D eigenvalue weighted by Crippen LogP contribution is -2.25. The van der Waals surface area contributed by atoms with Crippen molar-refractivity contribution >= 4 is 6.08 Å². The van der Waals surface area contributed by atoms with E-state index >= 15 is 0 Å². The third kappa shape index (κ3) is 7.37. The number of rotatable bonds is 7. The van der Waals surface area contributed by atoms with Crippen LogP contribution < -0.4 is 0 Å². The Labute approximate surface area is 180 Å². The van der Waals surface area contributed by atoms with Crippen LogP contribution in [0.2, 0.25) is 0 Å². The summed E-state index contributed by atoms with van der Waals surface area (Å²) in [6.07, 6.45) is 22.6. The summed E-state index contributed by atoms with van der Waals surface area (Å²) in [7, 11) is 0. The predicted octanol–water partition coefficient (Wildman–Crippen LogP) is 8.65. The second-order valence-corrected chi connectivity index (χ2v) is 9.62. The van der Waals surface area contributed by atoms with E-state index in [0.29, 0.717) is 5.92 Å². The summed E-state index contributed by atoms with van der Waals surface area (Å²) in [5, 5.41) is 0. The first-order valence-electron chi connectivity index (χ1n) is 12.6. The van der Waals surface area contributed by atoms with Crippen LogP contribution in [0.25, 0.3) is 6.08 Å². The molecule has 2 fully saturated rings. The molecule has 0 aromatic heterocycles. The molecule has 2 saturated carbocycles. The molecule has 2 aliphatic carbocycles. The van der Waals surface area contributed by atoms with Gasteiger partial charge in [0, 0.05) is 11.5 Å². The average molecular weight is 391 g/mol. The second-order valence-electron chi connectivity index (χ2n) is 9.62. The van der Waals surface area contributed by atoms with Crippen molar-refractivity contribution in [2.45, 2.75) is 97.3 Å². The van der Waals surface area contributed by atoms with Crippen LogP contribution in [0.4, 0.5) is 0 Å². The highest BCUT2D eigenvalue weighted by Gasteiger charge is 2.30. The van der Waals surface area contributed by atoms with E-state index in [4.69, 9.17) is 0 Å². The van der Waals surface area contributed by atoms with Crippen molar-refractivity contribution in [3.63, 3.8) is 0 Å². The number of unbranched alkanes of at least 4 members (excludes halogenated alkanes) is 2. The smallest absolute Gasteiger partial charge is 0.0245 e. The molecule has 0 atom stereocenters. The van der Waals surface area contributed by atoms with Crippen molar-refractivity contribution in [1.82, 2.24) is 0 Å². The van der Waals surface area contributed by atoms with Crippen molar-refractivity contribution in [3.05, 3.63) is 41.5 Å². The molecule has 0 heterocycles. The number of allylic oxidation sites excluding steroid dienone is 1. The highest BCUT2D eigenvalue weighted by Crippen LogP contribution is 2.42. The molecule has 0 amide bonds. The molecular formula is C29H42. The van der Waals surface area contributed by atoms with Gasteiger partial charge in [-0.1, -0.05) is 88.5 Å². The van der Waals surface area contributed by atoms with E-state index < -0.39 is 0 Å². The van der Waals surface area contributed by atoms with Crippen LogP contribution in [0.15, 0.2) is 30.3 Å². The summed E-state index contributed by atoms with van der Waals surface area (Å²) >= 11 is 0. The van der Waals surface area contributed by atoms with Gasteiger partial charge in [-0.15, -0.1) is 0 Å². The molecule has 158 valence electrons. The van der Waals surface area contributed by atoms with Crippen molar-refractivity contribution in [3.8, 4) is 11.8 Å². The van der Waals surface area contributed by atoms with Crippen LogP contribution in [-0.2, 0) is 0 Å². The van der Waals surface area contributed by atoms with Crippen LogP contribution in [0, 0.1) is 35.5 Å². The molecular weight excluding hydrogens is 348 g/mol. The molecule has 2 aliphatic rings. The van der Waals surface area contributed by atoms with E-state index in [9.17, 15) is 0 Å². The molecule has 3 rings (SSSR count). The van der Waals surface area contributed by atoms with Gasteiger partial charge in [0.15, 0.2) is 0 Å². The minimum Gasteiger partial charge on any atom is -0.0945 e. The average Bonchev–Trinajstić information content (AvgIpc) is 2.77. The van der Waals surface area contributed by atoms with Crippen LogP contribution >= 0.6 is 0 Å². The first kappa shape index (κ1) is 22.2. The van der Waals surface area contributed by atoms with Gasteiger partial charge in [-0.2, -0.15) is 0 Å². The van der Waals surface area contributed by atoms with Crippen molar-refractivity contribution in [1.29, 1.82) is 0 Å². The first-order valence-corrected chi connectivity index (χ1v) is 12.6. The van der Waals surface area contributed by atoms with Gasteiger partial charge in [-0.25, -0.2) is 0 Å². The zero-order valence-corrected chi connectivity index (χ0v) is 19.0. The van der Waals surface area contributed by atoms with Crippen LogP contribution in [0.5, 0.6) is 0 Å². The lowest BCUT2D eigenvalue weighted by atomic mass is 9.69. The maximum absolute atomic E-state index is 3.60. The fourth-order valence-corrected chi connectivity index (χ4v) is 5.50. The molecule has 1 aromatic carbocycles. The van der Waals surface area contributed by atoms with Gasteiger partial charge in [-0.05, 0) is 80.4 Å². The van der Waals surface area contributed by atoms with Crippen molar-refractivity contribution in [2.75, 3.05) is 0 Å². The summed E-state index contributed by atoms with van der Waals surface area (Å²) in [6.45, 7) is 4.58. The van der Waals surface area contributed by atoms with E-state index in [1.807, 2.05) is 0 Å². The van der Waals surface area contributed by atoms with Crippen LogP contribution in [0.3, 0.4) is 0 Å². The number of hydrogen-bond donors (Lipinski definition) is 0. The molecule has 0 bridgehead atoms. The molecule has 0 unspecified atom stereocenters. The fraction of sp³-hybridized carbons (Fsp3) is 0.655. The minimum absolute atomic E-state index is 0.622. The summed E-state index contributed by atoms with van der Waals surface area (Å²) in [5.41, 5.74) is 2.47. The maximum atomic E-state index is 3.60. The van der Waals surface area contributed by atoms with Crippen LogP contribution in [-0.4, -0.2) is 0 Å². The Balaban J connectivity index is 1.41. The van der Waals surface area contributed by atoms with Gasteiger partial charge in [0.1, 0.15) is 0 Å². The van der Waals surface area contributed by atoms with E-state index in [1.54, 1.807) is 0 Å². The van der Waals surface area contributed by atoms with Crippen molar-refractivity contribution in [2.24, 2.45) is 23.7 Å². The third-order valence-corrected chi connectivity index (χ3v) is 7.39. The van der Waals surface area contributed by atoms with Gasteiger partial charge in [0.2, 0.25) is 0 Å². The van der Waals surface area contributed by atoms with Gasteiger partial charge >= 0.3 is 0 Å². The quantitative estimate of drug-likeness (QED) is 0.323. The van der Waals surface area contributed by atoms with E-state index in [1.165, 1.54) is 94.6 Å². The molecule has 0 heteroatoms. The highest BCUT2D eigenvalue weighted by atomic mass is 14.3. The number of hydrogen-bond acceptors (Lipinski definition) is 0. The highest BCUT2D eigenvalue weighted by molar-refractivity contribution is 5.51. The topological polar surface area (TPSA) is 0 Å². The summed E-state index contributed by atoms with van der Waals surface area (Å²) in [6, 6.07) is 8.79. The Morgan fingerprint density at radius 3 is 2.10 bits per heavy atom. The first-order chi connectivity index (χ1) is 14.3. The Morgan fingerprint density at radius 1 is 0.828 bits per heavy atom. The molecule has 0 saturated heterocycles. The minimum atomic E-state index is 0.622. The van der Waals surface area contributed by atoms with E-state index in [0.717, 1.165) is 17.8 Å². The Bertz CT molecular complexity index is 652. The molecule has 29 heavy (non-hydrogen) atoms. The van der Waals surface area contributed by atoms with E-state index in [-0.39, 0.29) is 0 Å². The zero-order valence-electron chi connectivity index (χ0n) is 19.0. The molecule has 1 aromatic rings. The van der Waals surface area contributed by atoms with Gasteiger partial charge in [-0.3, -0.25) is 0 Å². The Kier molecular flexibility index (Phi) is 9.40. The normalized spacial score (nSPS) is 27.5. The molecule has 0 spiro atoms. The fourth-order valence-electron chi connectivity index (χ4n) is 5.50. The Morgan fingerprint density at radius 2 is 1.48 bits per heavy atom. The van der Waals surface area contributed by atoms with E-state index in [2.05, 4.69) is 62.1 Å². The van der Waals surface area contributed by atoms with Gasteiger partial charge in [0.25, 0.3) is 0 Å². The van der Waals surface area contributed by atoms with Gasteiger partial charge in [0.05, 0.1) is 0 Å². The third-order valence-electron chi connectivity index (χ3n) is 7.39. The predicted molar refractivity (Wildman–Crippen MR) is 128 cm³/mol. The summed E-state index contributed by atoms with van der Waals surface area (Å²) in [5.74, 6) is 10.7. The number of benzene rings is 1.